The van der Waals surface area contributed by atoms with E-state index < -0.39 is 12.0 Å². The number of amides is 2. The second-order valence-electron chi connectivity index (χ2n) is 6.24. The lowest BCUT2D eigenvalue weighted by Gasteiger charge is -2.15. The third kappa shape index (κ3) is 5.88. The molecule has 1 unspecified atom stereocenters. The number of carboxylic acid groups (broad SMARTS) is 1. The molecule has 0 saturated heterocycles. The summed E-state index contributed by atoms with van der Waals surface area (Å²) in [5.41, 5.74) is 0.551. The van der Waals surface area contributed by atoms with Gasteiger partial charge in [0.1, 0.15) is 0 Å². The van der Waals surface area contributed by atoms with Gasteiger partial charge in [0.05, 0.1) is 0 Å². The van der Waals surface area contributed by atoms with E-state index in [1.807, 2.05) is 30.3 Å². The lowest BCUT2D eigenvalue weighted by molar-refractivity contribution is -0.142. The molecule has 1 atom stereocenters. The first kappa shape index (κ1) is 19.4. The molecule has 0 aromatic heterocycles. The van der Waals surface area contributed by atoms with Crippen LogP contribution in [0.2, 0.25) is 0 Å². The zero-order valence-electron chi connectivity index (χ0n) is 14.8. The molecule has 0 aliphatic carbocycles. The summed E-state index contributed by atoms with van der Waals surface area (Å²) in [5.74, 6) is -1.44. The van der Waals surface area contributed by atoms with Crippen molar-refractivity contribution in [2.45, 2.75) is 38.6 Å². The van der Waals surface area contributed by atoms with Gasteiger partial charge in [0.25, 0.3) is 0 Å². The van der Waals surface area contributed by atoms with Gasteiger partial charge in [-0.3, -0.25) is 9.59 Å². The molecule has 0 fully saturated rings. The van der Waals surface area contributed by atoms with E-state index in [-0.39, 0.29) is 18.2 Å². The fourth-order valence-corrected chi connectivity index (χ4v) is 2.76. The van der Waals surface area contributed by atoms with Crippen molar-refractivity contribution in [1.82, 2.24) is 10.6 Å². The number of unbranched alkanes of at least 4 members (excludes halogenated alkanes) is 2. The predicted octanol–water partition coefficient (Wildman–Crippen LogP) is 2.78. The van der Waals surface area contributed by atoms with Crippen LogP contribution in [0.25, 0.3) is 10.8 Å². The van der Waals surface area contributed by atoms with Crippen LogP contribution in [0.3, 0.4) is 0 Å². The minimum absolute atomic E-state index is 0.0672. The average molecular weight is 356 g/mol. The molecule has 2 aromatic carbocycles. The van der Waals surface area contributed by atoms with Crippen molar-refractivity contribution >= 4 is 28.6 Å². The Kier molecular flexibility index (Phi) is 7.14. The monoisotopic (exact) mass is 356 g/mol. The summed E-state index contributed by atoms with van der Waals surface area (Å²) in [7, 11) is 0. The fraction of sp³-hybridized carbons (Fsp3) is 0.350. The van der Waals surface area contributed by atoms with Crippen molar-refractivity contribution in [3.63, 3.8) is 0 Å². The van der Waals surface area contributed by atoms with Crippen LogP contribution in [0.4, 0.5) is 0 Å². The molecule has 2 rings (SSSR count). The standard InChI is InChI=1S/C20H24N2O4/c1-14(23)21-12-6-2-3-9-18(24)22-19(20(25)26)17-11-10-15-7-4-5-8-16(15)13-17/h4-5,7-8,10-11,13,19H,2-3,6,9,12H2,1H3,(H,21,23)(H,22,24)(H,25,26). The van der Waals surface area contributed by atoms with Crippen molar-refractivity contribution in [1.29, 1.82) is 0 Å². The number of hydrogen-bond acceptors (Lipinski definition) is 3. The summed E-state index contributed by atoms with van der Waals surface area (Å²) in [5, 5.41) is 16.7. The van der Waals surface area contributed by atoms with Crippen LogP contribution in [0.5, 0.6) is 0 Å². The summed E-state index contributed by atoms with van der Waals surface area (Å²) in [6.07, 6.45) is 2.49. The molecule has 2 amide bonds. The minimum Gasteiger partial charge on any atom is -0.479 e. The van der Waals surface area contributed by atoms with Crippen LogP contribution in [0.1, 0.15) is 44.2 Å². The largest absolute Gasteiger partial charge is 0.479 e. The molecule has 138 valence electrons. The third-order valence-corrected chi connectivity index (χ3v) is 4.11. The van der Waals surface area contributed by atoms with Gasteiger partial charge in [0, 0.05) is 19.9 Å². The summed E-state index contributed by atoms with van der Waals surface area (Å²) in [6.45, 7) is 2.05. The molecule has 0 heterocycles. The first-order chi connectivity index (χ1) is 12.5. The van der Waals surface area contributed by atoms with Gasteiger partial charge >= 0.3 is 5.97 Å². The predicted molar refractivity (Wildman–Crippen MR) is 99.6 cm³/mol. The number of hydrogen-bond donors (Lipinski definition) is 3. The SMILES string of the molecule is CC(=O)NCCCCCC(=O)NC(C(=O)O)c1ccc2ccccc2c1. The fourth-order valence-electron chi connectivity index (χ4n) is 2.76. The van der Waals surface area contributed by atoms with E-state index in [1.165, 1.54) is 6.92 Å². The quantitative estimate of drug-likeness (QED) is 0.602. The molecule has 26 heavy (non-hydrogen) atoms. The molecule has 0 aliphatic rings. The van der Waals surface area contributed by atoms with Gasteiger partial charge in [0.15, 0.2) is 6.04 Å². The molecule has 0 spiro atoms. The number of benzene rings is 2. The number of carbonyl (C=O) groups excluding carboxylic acids is 2. The number of fused-ring (bicyclic) bond motifs is 1. The molecular weight excluding hydrogens is 332 g/mol. The second-order valence-corrected chi connectivity index (χ2v) is 6.24. The summed E-state index contributed by atoms with van der Waals surface area (Å²) in [6, 6.07) is 12.0. The molecule has 6 heteroatoms. The number of aliphatic carboxylic acids is 1. The minimum atomic E-state index is -1.08. The van der Waals surface area contributed by atoms with Crippen LogP contribution in [0, 0.1) is 0 Å². The normalized spacial score (nSPS) is 11.7. The van der Waals surface area contributed by atoms with E-state index >= 15 is 0 Å². The summed E-state index contributed by atoms with van der Waals surface area (Å²) >= 11 is 0. The molecule has 0 bridgehead atoms. The molecular formula is C20H24N2O4. The maximum Gasteiger partial charge on any atom is 0.330 e. The first-order valence-corrected chi connectivity index (χ1v) is 8.72. The smallest absolute Gasteiger partial charge is 0.330 e. The van der Waals surface area contributed by atoms with Crippen molar-refractivity contribution in [2.75, 3.05) is 6.54 Å². The van der Waals surface area contributed by atoms with Crippen molar-refractivity contribution < 1.29 is 19.5 Å². The Morgan fingerprint density at radius 1 is 1.00 bits per heavy atom. The number of carboxylic acids is 1. The van der Waals surface area contributed by atoms with Crippen LogP contribution in [-0.2, 0) is 14.4 Å². The molecule has 0 saturated carbocycles. The summed E-state index contributed by atoms with van der Waals surface area (Å²) in [4.78, 5) is 34.4. The van der Waals surface area contributed by atoms with Crippen molar-refractivity contribution in [2.24, 2.45) is 0 Å². The van der Waals surface area contributed by atoms with Gasteiger partial charge in [-0.1, -0.05) is 42.8 Å². The van der Waals surface area contributed by atoms with E-state index in [1.54, 1.807) is 12.1 Å². The Labute approximate surface area is 152 Å². The van der Waals surface area contributed by atoms with E-state index in [4.69, 9.17) is 0 Å². The zero-order chi connectivity index (χ0) is 18.9. The Morgan fingerprint density at radius 3 is 2.42 bits per heavy atom. The highest BCUT2D eigenvalue weighted by atomic mass is 16.4. The zero-order valence-corrected chi connectivity index (χ0v) is 14.8. The maximum atomic E-state index is 12.1. The van der Waals surface area contributed by atoms with Gasteiger partial charge in [-0.05, 0) is 35.2 Å². The van der Waals surface area contributed by atoms with Crippen LogP contribution in [-0.4, -0.2) is 29.4 Å². The summed E-state index contributed by atoms with van der Waals surface area (Å²) < 4.78 is 0. The Hall–Kier alpha value is -2.89. The molecule has 6 nitrogen and oxygen atoms in total. The van der Waals surface area contributed by atoms with Crippen LogP contribution < -0.4 is 10.6 Å². The highest BCUT2D eigenvalue weighted by molar-refractivity contribution is 5.88. The van der Waals surface area contributed by atoms with Gasteiger partial charge in [-0.25, -0.2) is 4.79 Å². The molecule has 2 aromatic rings. The average Bonchev–Trinajstić information content (AvgIpc) is 2.61. The van der Waals surface area contributed by atoms with Crippen molar-refractivity contribution in [3.05, 3.63) is 48.0 Å². The van der Waals surface area contributed by atoms with E-state index in [2.05, 4.69) is 10.6 Å². The Morgan fingerprint density at radius 2 is 1.73 bits per heavy atom. The lowest BCUT2D eigenvalue weighted by Crippen LogP contribution is -2.33. The number of rotatable bonds is 9. The number of nitrogens with one attached hydrogen (secondary N) is 2. The van der Waals surface area contributed by atoms with Gasteiger partial charge in [-0.2, -0.15) is 0 Å². The third-order valence-electron chi connectivity index (χ3n) is 4.11. The highest BCUT2D eigenvalue weighted by Crippen LogP contribution is 2.21. The van der Waals surface area contributed by atoms with E-state index in [9.17, 15) is 19.5 Å². The van der Waals surface area contributed by atoms with Gasteiger partial charge in [0.2, 0.25) is 11.8 Å². The Bertz CT molecular complexity index is 788. The molecule has 3 N–H and O–H groups in total. The number of carbonyl (C=O) groups is 3. The second kappa shape index (κ2) is 9.56. The van der Waals surface area contributed by atoms with E-state index in [0.717, 1.165) is 23.6 Å². The van der Waals surface area contributed by atoms with Crippen LogP contribution in [0.15, 0.2) is 42.5 Å². The van der Waals surface area contributed by atoms with Gasteiger partial charge in [-0.15, -0.1) is 0 Å². The van der Waals surface area contributed by atoms with Gasteiger partial charge < -0.3 is 15.7 Å². The molecule has 0 radical (unpaired) electrons. The molecule has 0 aliphatic heterocycles. The van der Waals surface area contributed by atoms with E-state index in [0.29, 0.717) is 18.5 Å². The van der Waals surface area contributed by atoms with Crippen molar-refractivity contribution in [3.8, 4) is 0 Å². The Balaban J connectivity index is 1.89. The first-order valence-electron chi connectivity index (χ1n) is 8.72. The maximum absolute atomic E-state index is 12.1. The lowest BCUT2D eigenvalue weighted by atomic mass is 10.0. The van der Waals surface area contributed by atoms with Crippen LogP contribution >= 0.6 is 0 Å². The topological polar surface area (TPSA) is 95.5 Å². The highest BCUT2D eigenvalue weighted by Gasteiger charge is 2.22.